The number of fused-ring (bicyclic) bond motifs is 1. The maximum Gasteiger partial charge on any atom is 0.332 e. The lowest BCUT2D eigenvalue weighted by Gasteiger charge is -2.29. The Kier molecular flexibility index (Phi) is 6.23. The molecule has 1 aliphatic rings. The number of hydrogen-bond donors (Lipinski definition) is 1. The fourth-order valence-corrected chi connectivity index (χ4v) is 3.41. The summed E-state index contributed by atoms with van der Waals surface area (Å²) < 4.78 is 16.5. The Bertz CT molecular complexity index is 927. The molecule has 0 unspecified atom stereocenters. The summed E-state index contributed by atoms with van der Waals surface area (Å²) in [6.45, 7) is 5.42. The average molecular weight is 398 g/mol. The fourth-order valence-electron chi connectivity index (χ4n) is 3.41. The van der Waals surface area contributed by atoms with Gasteiger partial charge in [-0.05, 0) is 70.7 Å². The first-order valence-corrected chi connectivity index (χ1v) is 9.81. The summed E-state index contributed by atoms with van der Waals surface area (Å²) in [5.41, 5.74) is 0.582. The molecule has 7 heteroatoms. The van der Waals surface area contributed by atoms with Gasteiger partial charge in [0.25, 0.3) is 5.91 Å². The second kappa shape index (κ2) is 8.66. The number of hydrogen-bond acceptors (Lipinski definition) is 6. The number of nitrogens with zero attached hydrogens (tertiary/aromatic N) is 1. The molecule has 154 valence electrons. The third kappa shape index (κ3) is 5.81. The molecule has 0 radical (unpaired) electrons. The molecule has 0 saturated heterocycles. The Morgan fingerprint density at radius 1 is 1.21 bits per heavy atom. The first-order valence-electron chi connectivity index (χ1n) is 9.81. The smallest absolute Gasteiger partial charge is 0.332 e. The van der Waals surface area contributed by atoms with Crippen molar-refractivity contribution in [1.82, 2.24) is 5.32 Å². The van der Waals surface area contributed by atoms with Gasteiger partial charge < -0.3 is 19.2 Å². The molecule has 1 fully saturated rings. The highest BCUT2D eigenvalue weighted by Gasteiger charge is 2.25. The summed E-state index contributed by atoms with van der Waals surface area (Å²) >= 11 is 0. The summed E-state index contributed by atoms with van der Waals surface area (Å²) in [6, 6.07) is 8.81. The highest BCUT2D eigenvalue weighted by Crippen LogP contribution is 2.24. The number of furan rings is 1. The number of carbonyl (C=O) groups excluding carboxylic acids is 2. The zero-order valence-electron chi connectivity index (χ0n) is 17.0. The van der Waals surface area contributed by atoms with Crippen LogP contribution >= 0.6 is 0 Å². The van der Waals surface area contributed by atoms with E-state index in [2.05, 4.69) is 11.4 Å². The van der Waals surface area contributed by atoms with Crippen LogP contribution in [-0.2, 0) is 14.3 Å². The van der Waals surface area contributed by atoms with Crippen LogP contribution in [-0.4, -0.2) is 36.2 Å². The van der Waals surface area contributed by atoms with Gasteiger partial charge in [0.2, 0.25) is 0 Å². The number of benzene rings is 1. The third-order valence-corrected chi connectivity index (χ3v) is 4.74. The van der Waals surface area contributed by atoms with E-state index in [1.54, 1.807) is 24.3 Å². The Balaban J connectivity index is 1.46. The molecule has 0 atom stereocenters. The molecular weight excluding hydrogens is 372 g/mol. The van der Waals surface area contributed by atoms with E-state index in [-0.39, 0.29) is 36.4 Å². The predicted molar refractivity (Wildman–Crippen MR) is 106 cm³/mol. The molecule has 1 heterocycles. The van der Waals surface area contributed by atoms with Gasteiger partial charge in [0.1, 0.15) is 17.8 Å². The van der Waals surface area contributed by atoms with E-state index >= 15 is 0 Å². The molecule has 1 N–H and O–H groups in total. The second-order valence-electron chi connectivity index (χ2n) is 8.32. The van der Waals surface area contributed by atoms with E-state index < -0.39 is 5.60 Å². The normalized spacial score (nSPS) is 19.5. The summed E-state index contributed by atoms with van der Waals surface area (Å²) in [4.78, 5) is 24.3. The van der Waals surface area contributed by atoms with Crippen molar-refractivity contribution < 1.29 is 23.5 Å². The van der Waals surface area contributed by atoms with Crippen molar-refractivity contribution in [3.8, 4) is 6.07 Å². The van der Waals surface area contributed by atoms with Crippen LogP contribution in [0.5, 0.6) is 0 Å². The average Bonchev–Trinajstić information content (AvgIpc) is 3.09. The summed E-state index contributed by atoms with van der Waals surface area (Å²) in [6.07, 6.45) is 3.05. The molecule has 0 spiro atoms. The first-order chi connectivity index (χ1) is 13.7. The van der Waals surface area contributed by atoms with Gasteiger partial charge in [-0.25, -0.2) is 4.79 Å². The number of nitrogens with one attached hydrogen (secondary N) is 1. The van der Waals surface area contributed by atoms with Crippen molar-refractivity contribution in [2.24, 2.45) is 0 Å². The van der Waals surface area contributed by atoms with Crippen LogP contribution in [0.2, 0.25) is 0 Å². The Morgan fingerprint density at radius 3 is 2.59 bits per heavy atom. The van der Waals surface area contributed by atoms with E-state index in [1.807, 2.05) is 20.8 Å². The minimum Gasteiger partial charge on any atom is -0.458 e. The van der Waals surface area contributed by atoms with Crippen LogP contribution in [0, 0.1) is 11.3 Å². The van der Waals surface area contributed by atoms with E-state index in [0.717, 1.165) is 31.1 Å². The maximum atomic E-state index is 12.5. The zero-order valence-corrected chi connectivity index (χ0v) is 17.0. The number of amides is 1. The van der Waals surface area contributed by atoms with Crippen LogP contribution in [0.1, 0.15) is 62.6 Å². The SMILES string of the molecule is CC(C)(C)OC(=O)COC1CCC(NC(=O)c2cc3cc(C#N)ccc3o2)CC1. The van der Waals surface area contributed by atoms with Gasteiger partial charge in [0.15, 0.2) is 5.76 Å². The quantitative estimate of drug-likeness (QED) is 0.771. The molecular formula is C22H26N2O5. The number of nitriles is 1. The molecule has 0 bridgehead atoms. The summed E-state index contributed by atoms with van der Waals surface area (Å²) in [7, 11) is 0. The van der Waals surface area contributed by atoms with E-state index in [0.29, 0.717) is 11.1 Å². The van der Waals surface area contributed by atoms with Gasteiger partial charge in [-0.2, -0.15) is 5.26 Å². The molecule has 1 aromatic carbocycles. The molecule has 2 aromatic rings. The molecule has 1 aromatic heterocycles. The molecule has 29 heavy (non-hydrogen) atoms. The minimum absolute atomic E-state index is 0.00808. The highest BCUT2D eigenvalue weighted by atomic mass is 16.6. The van der Waals surface area contributed by atoms with E-state index in [4.69, 9.17) is 19.2 Å². The van der Waals surface area contributed by atoms with Crippen LogP contribution in [0.25, 0.3) is 11.0 Å². The molecule has 1 saturated carbocycles. The number of ether oxygens (including phenoxy) is 2. The van der Waals surface area contributed by atoms with Crippen molar-refractivity contribution in [3.63, 3.8) is 0 Å². The lowest BCUT2D eigenvalue weighted by atomic mass is 9.93. The third-order valence-electron chi connectivity index (χ3n) is 4.74. The number of rotatable bonds is 5. The topological polar surface area (TPSA) is 102 Å². The van der Waals surface area contributed by atoms with Crippen LogP contribution in [0.4, 0.5) is 0 Å². The van der Waals surface area contributed by atoms with E-state index in [1.165, 1.54) is 0 Å². The maximum absolute atomic E-state index is 12.5. The summed E-state index contributed by atoms with van der Waals surface area (Å²) in [5.74, 6) is -0.395. The van der Waals surface area contributed by atoms with Crippen LogP contribution < -0.4 is 5.32 Å². The second-order valence-corrected chi connectivity index (χ2v) is 8.32. The summed E-state index contributed by atoms with van der Waals surface area (Å²) in [5, 5.41) is 12.7. The number of esters is 1. The lowest BCUT2D eigenvalue weighted by molar-refractivity contribution is -0.162. The largest absolute Gasteiger partial charge is 0.458 e. The van der Waals surface area contributed by atoms with Gasteiger partial charge >= 0.3 is 5.97 Å². The van der Waals surface area contributed by atoms with Crippen LogP contribution in [0.3, 0.4) is 0 Å². The van der Waals surface area contributed by atoms with Gasteiger partial charge in [-0.3, -0.25) is 4.79 Å². The molecule has 7 nitrogen and oxygen atoms in total. The van der Waals surface area contributed by atoms with Gasteiger partial charge in [0, 0.05) is 11.4 Å². The van der Waals surface area contributed by atoms with Crippen molar-refractivity contribution in [3.05, 3.63) is 35.6 Å². The van der Waals surface area contributed by atoms with Crippen molar-refractivity contribution >= 4 is 22.8 Å². The molecule has 0 aliphatic heterocycles. The zero-order chi connectivity index (χ0) is 21.0. The van der Waals surface area contributed by atoms with Crippen molar-refractivity contribution in [2.45, 2.75) is 64.2 Å². The van der Waals surface area contributed by atoms with Crippen LogP contribution in [0.15, 0.2) is 28.7 Å². The van der Waals surface area contributed by atoms with Crippen molar-refractivity contribution in [2.75, 3.05) is 6.61 Å². The predicted octanol–water partition coefficient (Wildman–Crippen LogP) is 3.70. The molecule has 1 amide bonds. The lowest BCUT2D eigenvalue weighted by Crippen LogP contribution is -2.39. The van der Waals surface area contributed by atoms with Crippen molar-refractivity contribution in [1.29, 1.82) is 5.26 Å². The Morgan fingerprint density at radius 2 is 1.93 bits per heavy atom. The molecule has 1 aliphatic carbocycles. The Labute approximate surface area is 170 Å². The monoisotopic (exact) mass is 398 g/mol. The minimum atomic E-state index is -0.519. The van der Waals surface area contributed by atoms with Gasteiger partial charge in [-0.1, -0.05) is 0 Å². The standard InChI is InChI=1S/C22H26N2O5/c1-22(2,3)29-20(25)13-27-17-7-5-16(6-8-17)24-21(26)19-11-15-10-14(12-23)4-9-18(15)28-19/h4,9-11,16-17H,5-8,13H2,1-3H3,(H,24,26). The Hall–Kier alpha value is -2.85. The van der Waals surface area contributed by atoms with Gasteiger partial charge in [0.05, 0.1) is 17.7 Å². The fraction of sp³-hybridized carbons (Fsp3) is 0.500. The number of carbonyl (C=O) groups is 2. The van der Waals surface area contributed by atoms with Gasteiger partial charge in [-0.15, -0.1) is 0 Å². The first kappa shape index (κ1) is 20.9. The highest BCUT2D eigenvalue weighted by molar-refractivity contribution is 5.96. The molecule has 3 rings (SSSR count). The van der Waals surface area contributed by atoms with E-state index in [9.17, 15) is 9.59 Å².